The van der Waals surface area contributed by atoms with E-state index in [1.54, 1.807) is 0 Å². The molecule has 2 aromatic rings. The number of aromatic nitrogens is 4. The predicted octanol–water partition coefficient (Wildman–Crippen LogP) is 2.98. The number of likely N-dealkylation sites (tertiary alicyclic amines) is 1. The average molecular weight is 397 g/mol. The van der Waals surface area contributed by atoms with Crippen molar-refractivity contribution in [1.29, 1.82) is 0 Å². The zero-order chi connectivity index (χ0) is 20.5. The Hall–Kier alpha value is -2.28. The first-order valence-electron chi connectivity index (χ1n) is 10.8. The van der Waals surface area contributed by atoms with E-state index < -0.39 is 0 Å². The topological polar surface area (TPSA) is 67.2 Å². The Morgan fingerprint density at radius 1 is 1.28 bits per heavy atom. The Labute approximate surface area is 173 Å². The van der Waals surface area contributed by atoms with E-state index in [9.17, 15) is 4.79 Å². The van der Waals surface area contributed by atoms with E-state index in [-0.39, 0.29) is 11.9 Å². The van der Waals surface area contributed by atoms with Gasteiger partial charge < -0.3 is 4.90 Å². The number of amides is 1. The molecule has 0 aromatic carbocycles. The lowest BCUT2D eigenvalue weighted by Crippen LogP contribution is -2.38. The maximum Gasteiger partial charge on any atom is 0.225 e. The third kappa shape index (κ3) is 4.20. The molecule has 2 unspecified atom stereocenters. The van der Waals surface area contributed by atoms with Gasteiger partial charge in [0.1, 0.15) is 5.82 Å². The molecule has 0 N–H and O–H groups in total. The van der Waals surface area contributed by atoms with Crippen LogP contribution < -0.4 is 0 Å². The highest BCUT2D eigenvalue weighted by molar-refractivity contribution is 5.76. The molecule has 2 aliphatic rings. The molecule has 7 nitrogen and oxygen atoms in total. The number of hydrogen-bond donors (Lipinski definition) is 0. The van der Waals surface area contributed by atoms with Gasteiger partial charge in [0, 0.05) is 43.4 Å². The number of piperidine rings is 1. The van der Waals surface area contributed by atoms with Crippen molar-refractivity contribution < 1.29 is 4.79 Å². The molecule has 4 heterocycles. The highest BCUT2D eigenvalue weighted by Gasteiger charge is 2.27. The van der Waals surface area contributed by atoms with Gasteiger partial charge in [-0.3, -0.25) is 14.4 Å². The van der Waals surface area contributed by atoms with Crippen LogP contribution in [0.2, 0.25) is 0 Å². The molecule has 1 fully saturated rings. The standard InChI is InChI=1S/C22H32N6O/c1-15-11-16(2)28(25-15)17(3)12-21(29)27-10-8-19-18(14-27)13-23-22(24-19)20-7-5-6-9-26(20)4/h11,13,17,20H,5-10,12,14H2,1-4H3. The van der Waals surface area contributed by atoms with Crippen molar-refractivity contribution in [3.05, 3.63) is 40.7 Å². The number of carbonyl (C=O) groups is 1. The van der Waals surface area contributed by atoms with Gasteiger partial charge in [-0.25, -0.2) is 9.97 Å². The molecule has 2 aromatic heterocycles. The molecular formula is C22H32N6O. The smallest absolute Gasteiger partial charge is 0.225 e. The minimum absolute atomic E-state index is 0.0538. The molecule has 7 heteroatoms. The van der Waals surface area contributed by atoms with E-state index in [2.05, 4.69) is 35.0 Å². The second-order valence-electron chi connectivity index (χ2n) is 8.68. The number of carbonyl (C=O) groups excluding carboxylic acids is 1. The van der Waals surface area contributed by atoms with Crippen LogP contribution in [0.25, 0.3) is 0 Å². The Kier molecular flexibility index (Phi) is 5.67. The van der Waals surface area contributed by atoms with Gasteiger partial charge in [0.25, 0.3) is 0 Å². The maximum atomic E-state index is 12.9. The Morgan fingerprint density at radius 3 is 2.83 bits per heavy atom. The highest BCUT2D eigenvalue weighted by Crippen LogP contribution is 2.28. The molecule has 0 spiro atoms. The van der Waals surface area contributed by atoms with Crippen LogP contribution in [-0.2, 0) is 17.8 Å². The molecule has 1 amide bonds. The van der Waals surface area contributed by atoms with Crippen molar-refractivity contribution in [2.45, 2.75) is 71.5 Å². The predicted molar refractivity (Wildman–Crippen MR) is 111 cm³/mol. The average Bonchev–Trinajstić information content (AvgIpc) is 3.05. The van der Waals surface area contributed by atoms with Crippen LogP contribution in [0.3, 0.4) is 0 Å². The van der Waals surface area contributed by atoms with Gasteiger partial charge in [0.15, 0.2) is 0 Å². The van der Waals surface area contributed by atoms with Gasteiger partial charge in [-0.05, 0) is 53.3 Å². The van der Waals surface area contributed by atoms with Crippen molar-refractivity contribution >= 4 is 5.91 Å². The first-order valence-corrected chi connectivity index (χ1v) is 10.8. The zero-order valence-corrected chi connectivity index (χ0v) is 18.1. The van der Waals surface area contributed by atoms with Crippen LogP contribution >= 0.6 is 0 Å². The third-order valence-electron chi connectivity index (χ3n) is 6.31. The Bertz CT molecular complexity index is 891. The fraction of sp³-hybridized carbons (Fsp3) is 0.636. The van der Waals surface area contributed by atoms with Crippen LogP contribution in [0.4, 0.5) is 0 Å². The van der Waals surface area contributed by atoms with Crippen molar-refractivity contribution in [1.82, 2.24) is 29.5 Å². The van der Waals surface area contributed by atoms with Gasteiger partial charge in [0.2, 0.25) is 5.91 Å². The largest absolute Gasteiger partial charge is 0.338 e. The number of rotatable bonds is 4. The number of nitrogens with zero attached hydrogens (tertiary/aromatic N) is 6. The maximum absolute atomic E-state index is 12.9. The van der Waals surface area contributed by atoms with Crippen molar-refractivity contribution in [3.63, 3.8) is 0 Å². The lowest BCUT2D eigenvalue weighted by atomic mass is 10.0. The molecule has 0 bridgehead atoms. The summed E-state index contributed by atoms with van der Waals surface area (Å²) in [5, 5.41) is 4.53. The van der Waals surface area contributed by atoms with E-state index in [0.717, 1.165) is 54.4 Å². The second-order valence-corrected chi connectivity index (χ2v) is 8.68. The lowest BCUT2D eigenvalue weighted by molar-refractivity contribution is -0.133. The Balaban J connectivity index is 1.42. The molecule has 0 saturated carbocycles. The molecule has 29 heavy (non-hydrogen) atoms. The third-order valence-corrected chi connectivity index (χ3v) is 6.31. The van der Waals surface area contributed by atoms with Gasteiger partial charge in [-0.15, -0.1) is 0 Å². The normalized spacial score (nSPS) is 21.1. The minimum Gasteiger partial charge on any atom is -0.338 e. The first-order chi connectivity index (χ1) is 13.9. The molecule has 2 aliphatic heterocycles. The minimum atomic E-state index is 0.0538. The van der Waals surface area contributed by atoms with Crippen LogP contribution in [0.1, 0.15) is 73.2 Å². The van der Waals surface area contributed by atoms with Gasteiger partial charge in [0.05, 0.1) is 23.5 Å². The summed E-state index contributed by atoms with van der Waals surface area (Å²) in [5.41, 5.74) is 4.29. The van der Waals surface area contributed by atoms with E-state index in [0.29, 0.717) is 19.0 Å². The zero-order valence-electron chi connectivity index (χ0n) is 18.1. The number of fused-ring (bicyclic) bond motifs is 1. The summed E-state index contributed by atoms with van der Waals surface area (Å²) in [7, 11) is 2.16. The molecule has 1 saturated heterocycles. The Morgan fingerprint density at radius 2 is 2.10 bits per heavy atom. The van der Waals surface area contributed by atoms with Crippen molar-refractivity contribution in [2.24, 2.45) is 0 Å². The number of aryl methyl sites for hydroxylation is 2. The summed E-state index contributed by atoms with van der Waals surface area (Å²) < 4.78 is 1.96. The van der Waals surface area contributed by atoms with Crippen LogP contribution in [0.5, 0.6) is 0 Å². The summed E-state index contributed by atoms with van der Waals surface area (Å²) in [5.74, 6) is 1.12. The molecular weight excluding hydrogens is 364 g/mol. The molecule has 2 atom stereocenters. The SMILES string of the molecule is Cc1cc(C)n(C(C)CC(=O)N2CCc3nc(C4CCCCN4C)ncc3C2)n1. The summed E-state index contributed by atoms with van der Waals surface area (Å²) in [6, 6.07) is 2.44. The van der Waals surface area contributed by atoms with E-state index in [1.807, 2.05) is 29.6 Å². The monoisotopic (exact) mass is 396 g/mol. The highest BCUT2D eigenvalue weighted by atomic mass is 16.2. The van der Waals surface area contributed by atoms with Crippen molar-refractivity contribution in [3.8, 4) is 0 Å². The summed E-state index contributed by atoms with van der Waals surface area (Å²) >= 11 is 0. The van der Waals surface area contributed by atoms with E-state index in [1.165, 1.54) is 12.8 Å². The number of hydrogen-bond acceptors (Lipinski definition) is 5. The molecule has 4 rings (SSSR count). The van der Waals surface area contributed by atoms with Crippen LogP contribution in [0.15, 0.2) is 12.3 Å². The lowest BCUT2D eigenvalue weighted by Gasteiger charge is -2.33. The fourth-order valence-corrected chi connectivity index (χ4v) is 4.67. The summed E-state index contributed by atoms with van der Waals surface area (Å²) in [6.07, 6.45) is 6.84. The van der Waals surface area contributed by atoms with E-state index in [4.69, 9.17) is 4.98 Å². The second kappa shape index (κ2) is 8.22. The van der Waals surface area contributed by atoms with Gasteiger partial charge >= 0.3 is 0 Å². The quantitative estimate of drug-likeness (QED) is 0.795. The molecule has 156 valence electrons. The van der Waals surface area contributed by atoms with Crippen LogP contribution in [0, 0.1) is 13.8 Å². The van der Waals surface area contributed by atoms with Gasteiger partial charge in [-0.1, -0.05) is 6.42 Å². The van der Waals surface area contributed by atoms with E-state index >= 15 is 0 Å². The molecule has 0 aliphatic carbocycles. The first kappa shape index (κ1) is 20.0. The van der Waals surface area contributed by atoms with Gasteiger partial charge in [-0.2, -0.15) is 5.10 Å². The summed E-state index contributed by atoms with van der Waals surface area (Å²) in [4.78, 5) is 26.8. The van der Waals surface area contributed by atoms with Crippen LogP contribution in [-0.4, -0.2) is 55.6 Å². The fourth-order valence-electron chi connectivity index (χ4n) is 4.67. The summed E-state index contributed by atoms with van der Waals surface area (Å²) in [6.45, 7) is 8.53. The molecule has 0 radical (unpaired) electrons. The van der Waals surface area contributed by atoms with Crippen molar-refractivity contribution in [2.75, 3.05) is 20.1 Å².